The van der Waals surface area contributed by atoms with Gasteiger partial charge in [-0.05, 0) is 53.5 Å². The summed E-state index contributed by atoms with van der Waals surface area (Å²) in [5.41, 5.74) is 0.719. The zero-order valence-corrected chi connectivity index (χ0v) is 17.5. The van der Waals surface area contributed by atoms with Crippen LogP contribution in [0.25, 0.3) is 6.08 Å². The van der Waals surface area contributed by atoms with Gasteiger partial charge in [-0.25, -0.2) is 4.79 Å². The molecule has 1 aliphatic heterocycles. The number of thioether (sulfide) groups is 1. The highest BCUT2D eigenvalue weighted by molar-refractivity contribution is 9.10. The molecule has 0 atom stereocenters. The smallest absolute Gasteiger partial charge is 0.344 e. The van der Waals surface area contributed by atoms with E-state index < -0.39 is 5.97 Å². The van der Waals surface area contributed by atoms with Gasteiger partial charge in [0.1, 0.15) is 4.32 Å². The lowest BCUT2D eigenvalue weighted by molar-refractivity contribution is -0.145. The van der Waals surface area contributed by atoms with Crippen LogP contribution < -0.4 is 4.74 Å². The summed E-state index contributed by atoms with van der Waals surface area (Å²) in [7, 11) is 0. The zero-order valence-electron chi connectivity index (χ0n) is 13.5. The molecule has 2 rings (SSSR count). The van der Waals surface area contributed by atoms with Gasteiger partial charge < -0.3 is 9.47 Å². The monoisotopic (exact) mass is 463 g/mol. The molecule has 1 aromatic rings. The topological polar surface area (TPSA) is 55.8 Å². The van der Waals surface area contributed by atoms with Crippen molar-refractivity contribution in [3.63, 3.8) is 0 Å². The molecule has 0 bridgehead atoms. The van der Waals surface area contributed by atoms with Crippen molar-refractivity contribution in [2.45, 2.75) is 13.8 Å². The summed E-state index contributed by atoms with van der Waals surface area (Å²) in [5.74, 6) is -0.252. The van der Waals surface area contributed by atoms with Gasteiger partial charge in [-0.3, -0.25) is 9.69 Å². The average Bonchev–Trinajstić information content (AvgIpc) is 2.80. The molecule has 134 valence electrons. The van der Waals surface area contributed by atoms with Crippen LogP contribution in [0.1, 0.15) is 19.4 Å². The van der Waals surface area contributed by atoms with E-state index in [9.17, 15) is 9.59 Å². The second-order valence-electron chi connectivity index (χ2n) is 4.83. The number of ether oxygens (including phenoxy) is 2. The van der Waals surface area contributed by atoms with Crippen LogP contribution >= 0.6 is 51.5 Å². The molecule has 1 saturated heterocycles. The maximum absolute atomic E-state index is 12.3. The van der Waals surface area contributed by atoms with Crippen molar-refractivity contribution in [3.05, 3.63) is 32.1 Å². The minimum atomic E-state index is -0.474. The highest BCUT2D eigenvalue weighted by atomic mass is 79.9. The fourth-order valence-corrected chi connectivity index (χ4v) is 4.43. The third-order valence-electron chi connectivity index (χ3n) is 3.15. The number of hydrogen-bond donors (Lipinski definition) is 0. The molecular weight excluding hydrogens is 450 g/mol. The standard InChI is InChI=1S/C16H15BrClNO4S2/c1-3-19-15(21)12(25-16(19)24)7-9-5-10(17)14(11(18)6-9)23-8-13(20)22-4-2/h5-7H,3-4,8H2,1-2H3/b12-7-. The quantitative estimate of drug-likeness (QED) is 0.356. The number of benzene rings is 1. The van der Waals surface area contributed by atoms with E-state index in [1.807, 2.05) is 6.92 Å². The van der Waals surface area contributed by atoms with Crippen LogP contribution in [0.15, 0.2) is 21.5 Å². The Hall–Kier alpha value is -1.09. The van der Waals surface area contributed by atoms with Gasteiger partial charge in [0, 0.05) is 6.54 Å². The number of carbonyl (C=O) groups excluding carboxylic acids is 2. The van der Waals surface area contributed by atoms with E-state index >= 15 is 0 Å². The van der Waals surface area contributed by atoms with Crippen LogP contribution in [-0.4, -0.2) is 40.9 Å². The first kappa shape index (κ1) is 20.2. The van der Waals surface area contributed by atoms with E-state index in [1.54, 1.807) is 30.0 Å². The Labute approximate surface area is 168 Å². The van der Waals surface area contributed by atoms with Gasteiger partial charge in [-0.1, -0.05) is 35.6 Å². The summed E-state index contributed by atoms with van der Waals surface area (Å²) in [4.78, 5) is 25.7. The van der Waals surface area contributed by atoms with E-state index in [0.717, 1.165) is 5.56 Å². The molecule has 5 nitrogen and oxygen atoms in total. The van der Waals surface area contributed by atoms with Crippen LogP contribution in [0, 0.1) is 0 Å². The Morgan fingerprint density at radius 1 is 1.44 bits per heavy atom. The van der Waals surface area contributed by atoms with Crippen LogP contribution in [0.3, 0.4) is 0 Å². The number of likely N-dealkylation sites (N-methyl/N-ethyl adjacent to an activating group) is 1. The average molecular weight is 465 g/mol. The van der Waals surface area contributed by atoms with Gasteiger partial charge >= 0.3 is 5.97 Å². The van der Waals surface area contributed by atoms with Gasteiger partial charge in [0.15, 0.2) is 12.4 Å². The van der Waals surface area contributed by atoms with Crippen molar-refractivity contribution in [1.82, 2.24) is 4.90 Å². The van der Waals surface area contributed by atoms with Crippen molar-refractivity contribution in [2.75, 3.05) is 19.8 Å². The van der Waals surface area contributed by atoms with E-state index in [-0.39, 0.29) is 19.1 Å². The second-order valence-corrected chi connectivity index (χ2v) is 7.77. The highest BCUT2D eigenvalue weighted by Gasteiger charge is 2.30. The minimum absolute atomic E-state index is 0.118. The first-order chi connectivity index (χ1) is 11.9. The van der Waals surface area contributed by atoms with Gasteiger partial charge in [-0.2, -0.15) is 0 Å². The first-order valence-electron chi connectivity index (χ1n) is 7.40. The molecule has 0 saturated carbocycles. The summed E-state index contributed by atoms with van der Waals surface area (Å²) in [6.07, 6.45) is 1.72. The predicted octanol–water partition coefficient (Wildman–Crippen LogP) is 4.27. The number of halogens is 2. The lowest BCUT2D eigenvalue weighted by Crippen LogP contribution is -2.27. The molecule has 0 aromatic heterocycles. The maximum Gasteiger partial charge on any atom is 0.344 e. The minimum Gasteiger partial charge on any atom is -0.479 e. The van der Waals surface area contributed by atoms with Gasteiger partial charge in [0.2, 0.25) is 0 Å². The van der Waals surface area contributed by atoms with E-state index in [1.165, 1.54) is 11.8 Å². The number of hydrogen-bond acceptors (Lipinski definition) is 6. The third-order valence-corrected chi connectivity index (χ3v) is 5.40. The van der Waals surface area contributed by atoms with Crippen molar-refractivity contribution in [3.8, 4) is 5.75 Å². The normalized spacial score (nSPS) is 15.8. The largest absolute Gasteiger partial charge is 0.479 e. The predicted molar refractivity (Wildman–Crippen MR) is 107 cm³/mol. The summed E-state index contributed by atoms with van der Waals surface area (Å²) in [5, 5.41) is 0.316. The van der Waals surface area contributed by atoms with Crippen molar-refractivity contribution < 1.29 is 19.1 Å². The van der Waals surface area contributed by atoms with Crippen LogP contribution in [0.5, 0.6) is 5.75 Å². The summed E-state index contributed by atoms with van der Waals surface area (Å²) in [6, 6.07) is 3.41. The van der Waals surface area contributed by atoms with Crippen molar-refractivity contribution >= 4 is 73.8 Å². The highest BCUT2D eigenvalue weighted by Crippen LogP contribution is 2.37. The van der Waals surface area contributed by atoms with Crippen LogP contribution in [-0.2, 0) is 14.3 Å². The maximum atomic E-state index is 12.3. The number of esters is 1. The molecule has 9 heteroatoms. The molecule has 1 aromatic carbocycles. The Balaban J connectivity index is 2.20. The Kier molecular flexibility index (Phi) is 7.30. The summed E-state index contributed by atoms with van der Waals surface area (Å²) < 4.78 is 11.3. The van der Waals surface area contributed by atoms with E-state index in [4.69, 9.17) is 33.3 Å². The fourth-order valence-electron chi connectivity index (χ4n) is 2.06. The molecule has 0 N–H and O–H groups in total. The van der Waals surface area contributed by atoms with E-state index in [2.05, 4.69) is 15.9 Å². The number of nitrogens with zero attached hydrogens (tertiary/aromatic N) is 1. The molecule has 0 radical (unpaired) electrons. The molecule has 25 heavy (non-hydrogen) atoms. The molecule has 0 unspecified atom stereocenters. The molecule has 1 fully saturated rings. The zero-order chi connectivity index (χ0) is 18.6. The van der Waals surface area contributed by atoms with Gasteiger partial charge in [0.05, 0.1) is 21.0 Å². The molecular formula is C16H15BrClNO4S2. The van der Waals surface area contributed by atoms with Crippen molar-refractivity contribution in [2.24, 2.45) is 0 Å². The summed E-state index contributed by atoms with van der Waals surface area (Å²) in [6.45, 7) is 4.17. The Bertz CT molecular complexity index is 731. The summed E-state index contributed by atoms with van der Waals surface area (Å²) >= 11 is 16.1. The Morgan fingerprint density at radius 3 is 2.72 bits per heavy atom. The van der Waals surface area contributed by atoms with Crippen LogP contribution in [0.4, 0.5) is 0 Å². The lowest BCUT2D eigenvalue weighted by atomic mass is 10.2. The number of rotatable bonds is 6. The molecule has 0 aliphatic carbocycles. The molecule has 0 spiro atoms. The van der Waals surface area contributed by atoms with E-state index in [0.29, 0.717) is 31.0 Å². The second kappa shape index (κ2) is 9.02. The van der Waals surface area contributed by atoms with Gasteiger partial charge in [-0.15, -0.1) is 0 Å². The molecule has 1 aliphatic rings. The fraction of sp³-hybridized carbons (Fsp3) is 0.312. The molecule has 1 heterocycles. The number of thiocarbonyl (C=S) groups is 1. The third kappa shape index (κ3) is 4.97. The van der Waals surface area contributed by atoms with Gasteiger partial charge in [0.25, 0.3) is 5.91 Å². The lowest BCUT2D eigenvalue weighted by Gasteiger charge is -2.11. The molecule has 1 amide bonds. The number of amides is 1. The van der Waals surface area contributed by atoms with Crippen molar-refractivity contribution in [1.29, 1.82) is 0 Å². The van der Waals surface area contributed by atoms with Crippen LogP contribution in [0.2, 0.25) is 5.02 Å². The number of carbonyl (C=O) groups is 2. The Morgan fingerprint density at radius 2 is 2.16 bits per heavy atom. The SMILES string of the molecule is CCOC(=O)COc1c(Cl)cc(/C=C2\SC(=S)N(CC)C2=O)cc1Br. The first-order valence-corrected chi connectivity index (χ1v) is 9.79.